The summed E-state index contributed by atoms with van der Waals surface area (Å²) in [5.74, 6) is -1.22. The van der Waals surface area contributed by atoms with Gasteiger partial charge in [-0.2, -0.15) is 0 Å². The highest BCUT2D eigenvalue weighted by atomic mass is 16.6. The highest BCUT2D eigenvalue weighted by Gasteiger charge is 2.42. The summed E-state index contributed by atoms with van der Waals surface area (Å²) in [7, 11) is 0. The van der Waals surface area contributed by atoms with Gasteiger partial charge in [-0.3, -0.25) is 4.79 Å². The van der Waals surface area contributed by atoms with Gasteiger partial charge in [-0.15, -0.1) is 0 Å². The maximum absolute atomic E-state index is 12.1. The van der Waals surface area contributed by atoms with Gasteiger partial charge in [0, 0.05) is 19.0 Å². The quantitative estimate of drug-likeness (QED) is 0.819. The smallest absolute Gasteiger partial charge is 0.410 e. The van der Waals surface area contributed by atoms with E-state index in [4.69, 9.17) is 4.74 Å². The Labute approximate surface area is 123 Å². The van der Waals surface area contributed by atoms with Gasteiger partial charge in [0.2, 0.25) is 5.91 Å². The molecule has 1 saturated carbocycles. The molecule has 2 aliphatic rings. The van der Waals surface area contributed by atoms with Crippen LogP contribution in [0.2, 0.25) is 0 Å². The third-order valence-corrected chi connectivity index (χ3v) is 3.53. The van der Waals surface area contributed by atoms with Gasteiger partial charge in [0.15, 0.2) is 0 Å². The third kappa shape index (κ3) is 3.86. The van der Waals surface area contributed by atoms with Crippen molar-refractivity contribution < 1.29 is 24.2 Å². The summed E-state index contributed by atoms with van der Waals surface area (Å²) < 4.78 is 5.25. The molecule has 0 aromatic heterocycles. The van der Waals surface area contributed by atoms with Crippen molar-refractivity contribution in [2.45, 2.75) is 45.3 Å². The molecule has 1 atom stereocenters. The van der Waals surface area contributed by atoms with Crippen molar-refractivity contribution >= 4 is 18.0 Å². The van der Waals surface area contributed by atoms with Gasteiger partial charge in [0.1, 0.15) is 11.6 Å². The van der Waals surface area contributed by atoms with Crippen molar-refractivity contribution in [2.75, 3.05) is 19.6 Å². The van der Waals surface area contributed by atoms with Crippen molar-refractivity contribution in [3.8, 4) is 0 Å². The Morgan fingerprint density at radius 1 is 1.14 bits per heavy atom. The molecule has 21 heavy (non-hydrogen) atoms. The molecule has 1 heterocycles. The minimum absolute atomic E-state index is 0.0251. The summed E-state index contributed by atoms with van der Waals surface area (Å²) in [6, 6.07) is -0.987. The summed E-state index contributed by atoms with van der Waals surface area (Å²) >= 11 is 0. The fourth-order valence-electron chi connectivity index (χ4n) is 2.32. The summed E-state index contributed by atoms with van der Waals surface area (Å²) in [4.78, 5) is 38.3. The highest BCUT2D eigenvalue weighted by molar-refractivity contribution is 5.87. The van der Waals surface area contributed by atoms with Crippen LogP contribution in [0.25, 0.3) is 0 Å². The summed E-state index contributed by atoms with van der Waals surface area (Å²) in [6.45, 7) is 5.79. The zero-order valence-electron chi connectivity index (χ0n) is 12.7. The Hall–Kier alpha value is -1.79. The normalized spacial score (nSPS) is 22.9. The maximum atomic E-state index is 12.1. The second-order valence-corrected chi connectivity index (χ2v) is 6.59. The lowest BCUT2D eigenvalue weighted by molar-refractivity contribution is -0.154. The molecule has 1 aliphatic carbocycles. The Morgan fingerprint density at radius 3 is 2.24 bits per heavy atom. The van der Waals surface area contributed by atoms with Gasteiger partial charge in [-0.05, 0) is 33.6 Å². The van der Waals surface area contributed by atoms with Crippen LogP contribution in [0.15, 0.2) is 0 Å². The number of hydrogen-bond acceptors (Lipinski definition) is 4. The molecule has 1 saturated heterocycles. The number of piperazine rings is 1. The molecule has 1 aliphatic heterocycles. The van der Waals surface area contributed by atoms with Crippen molar-refractivity contribution in [1.29, 1.82) is 0 Å². The van der Waals surface area contributed by atoms with E-state index in [-0.39, 0.29) is 24.9 Å². The lowest BCUT2D eigenvalue weighted by atomic mass is 10.1. The number of carboxylic acids is 1. The lowest BCUT2D eigenvalue weighted by Crippen LogP contribution is -2.60. The van der Waals surface area contributed by atoms with Crippen LogP contribution in [0.1, 0.15) is 33.6 Å². The third-order valence-electron chi connectivity index (χ3n) is 3.53. The first kappa shape index (κ1) is 15.6. The Bertz CT molecular complexity index is 453. The minimum atomic E-state index is -1.09. The summed E-state index contributed by atoms with van der Waals surface area (Å²) in [6.07, 6.45) is 1.13. The molecule has 7 heteroatoms. The number of rotatable bonds is 2. The first-order valence-electron chi connectivity index (χ1n) is 7.20. The van der Waals surface area contributed by atoms with E-state index >= 15 is 0 Å². The van der Waals surface area contributed by atoms with E-state index in [2.05, 4.69) is 0 Å². The number of carbonyl (C=O) groups excluding carboxylic acids is 2. The van der Waals surface area contributed by atoms with Crippen LogP contribution in [0.3, 0.4) is 0 Å². The van der Waals surface area contributed by atoms with E-state index in [1.165, 1.54) is 9.80 Å². The molecule has 0 bridgehead atoms. The van der Waals surface area contributed by atoms with Crippen LogP contribution in [0.4, 0.5) is 4.79 Å². The number of hydrogen-bond donors (Lipinski definition) is 1. The first-order valence-corrected chi connectivity index (χ1v) is 7.20. The fourth-order valence-corrected chi connectivity index (χ4v) is 2.32. The molecule has 7 nitrogen and oxygen atoms in total. The minimum Gasteiger partial charge on any atom is -0.480 e. The van der Waals surface area contributed by atoms with Gasteiger partial charge >= 0.3 is 12.1 Å². The molecule has 2 rings (SSSR count). The van der Waals surface area contributed by atoms with Gasteiger partial charge in [-0.1, -0.05) is 0 Å². The van der Waals surface area contributed by atoms with Crippen LogP contribution < -0.4 is 0 Å². The SMILES string of the molecule is CC(C)(C)OC(=O)N1CCN(C(=O)C2CC2)[C@@H](C(=O)O)C1. The number of nitrogens with zero attached hydrogens (tertiary/aromatic N) is 2. The van der Waals surface area contributed by atoms with Crippen molar-refractivity contribution in [2.24, 2.45) is 5.92 Å². The monoisotopic (exact) mass is 298 g/mol. The van der Waals surface area contributed by atoms with Crippen LogP contribution in [0, 0.1) is 5.92 Å². The summed E-state index contributed by atoms with van der Waals surface area (Å²) in [5.41, 5.74) is -0.628. The number of aliphatic carboxylic acids is 1. The first-order chi connectivity index (χ1) is 9.69. The Kier molecular flexibility index (Phi) is 4.11. The predicted octanol–water partition coefficient (Wildman–Crippen LogP) is 0.929. The number of carbonyl (C=O) groups is 3. The Balaban J connectivity index is 2.02. The molecule has 0 aromatic rings. The van der Waals surface area contributed by atoms with Crippen molar-refractivity contribution in [1.82, 2.24) is 9.80 Å². The largest absolute Gasteiger partial charge is 0.480 e. The van der Waals surface area contributed by atoms with Crippen LogP contribution in [0.5, 0.6) is 0 Å². The molecule has 0 radical (unpaired) electrons. The van der Waals surface area contributed by atoms with Gasteiger partial charge in [0.05, 0.1) is 6.54 Å². The van der Waals surface area contributed by atoms with Crippen LogP contribution in [-0.2, 0) is 14.3 Å². The molecule has 118 valence electrons. The van der Waals surface area contributed by atoms with Crippen molar-refractivity contribution in [3.63, 3.8) is 0 Å². The molecule has 2 fully saturated rings. The van der Waals surface area contributed by atoms with E-state index < -0.39 is 23.7 Å². The van der Waals surface area contributed by atoms with E-state index in [0.29, 0.717) is 6.54 Å². The molecule has 0 spiro atoms. The van der Waals surface area contributed by atoms with Gasteiger partial charge in [-0.25, -0.2) is 9.59 Å². The maximum Gasteiger partial charge on any atom is 0.410 e. The van der Waals surface area contributed by atoms with Gasteiger partial charge in [0.25, 0.3) is 0 Å². The second kappa shape index (κ2) is 5.54. The van der Waals surface area contributed by atoms with E-state index in [9.17, 15) is 19.5 Å². The molecular weight excluding hydrogens is 276 g/mol. The van der Waals surface area contributed by atoms with Crippen LogP contribution in [-0.4, -0.2) is 64.2 Å². The zero-order chi connectivity index (χ0) is 15.8. The average molecular weight is 298 g/mol. The van der Waals surface area contributed by atoms with E-state index in [1.54, 1.807) is 20.8 Å². The topological polar surface area (TPSA) is 87.2 Å². The molecule has 2 amide bonds. The molecular formula is C14H22N2O5. The fraction of sp³-hybridized carbons (Fsp3) is 0.786. The molecule has 1 N–H and O–H groups in total. The highest BCUT2D eigenvalue weighted by Crippen LogP contribution is 2.32. The van der Waals surface area contributed by atoms with E-state index in [0.717, 1.165) is 12.8 Å². The predicted molar refractivity (Wildman–Crippen MR) is 73.7 cm³/mol. The Morgan fingerprint density at radius 2 is 1.76 bits per heavy atom. The van der Waals surface area contributed by atoms with E-state index in [1.807, 2.05) is 0 Å². The summed E-state index contributed by atoms with van der Waals surface area (Å²) in [5, 5.41) is 9.32. The average Bonchev–Trinajstić information content (AvgIpc) is 3.19. The standard InChI is InChI=1S/C14H22N2O5/c1-14(2,3)21-13(20)15-6-7-16(10(8-15)12(18)19)11(17)9-4-5-9/h9-10H,4-8H2,1-3H3,(H,18,19)/t10-/m1/s1. The zero-order valence-corrected chi connectivity index (χ0v) is 12.7. The van der Waals surface area contributed by atoms with Gasteiger partial charge < -0.3 is 19.6 Å². The molecule has 0 aromatic carbocycles. The lowest BCUT2D eigenvalue weighted by Gasteiger charge is -2.39. The number of ether oxygens (including phenoxy) is 1. The van der Waals surface area contributed by atoms with Crippen molar-refractivity contribution in [3.05, 3.63) is 0 Å². The van der Waals surface area contributed by atoms with Crippen LogP contribution >= 0.6 is 0 Å². The number of amides is 2. The second-order valence-electron chi connectivity index (χ2n) is 6.59. The molecule has 0 unspecified atom stereocenters. The number of carboxylic acid groups (broad SMARTS) is 1.